The van der Waals surface area contributed by atoms with Crippen molar-refractivity contribution in [1.29, 1.82) is 0 Å². The van der Waals surface area contributed by atoms with E-state index in [9.17, 15) is 9.59 Å². The Morgan fingerprint density at radius 3 is 2.95 bits per heavy atom. The third-order valence-corrected chi connectivity index (χ3v) is 3.70. The lowest BCUT2D eigenvalue weighted by molar-refractivity contribution is -0.123. The van der Waals surface area contributed by atoms with Crippen LogP contribution < -0.4 is 10.6 Å². The summed E-state index contributed by atoms with van der Waals surface area (Å²) in [6.07, 6.45) is 9.55. The van der Waals surface area contributed by atoms with Gasteiger partial charge in [-0.3, -0.25) is 9.59 Å². The zero-order chi connectivity index (χ0) is 14.4. The molecule has 0 aromatic rings. The van der Waals surface area contributed by atoms with E-state index < -0.39 is 5.66 Å². The van der Waals surface area contributed by atoms with Gasteiger partial charge in [0, 0.05) is 44.7 Å². The first-order valence-corrected chi connectivity index (χ1v) is 7.07. The zero-order valence-corrected chi connectivity index (χ0v) is 11.5. The second-order valence-electron chi connectivity index (χ2n) is 5.33. The maximum Gasteiger partial charge on any atom is 0.220 e. The fourth-order valence-electron chi connectivity index (χ4n) is 2.35. The first-order valence-electron chi connectivity index (χ1n) is 7.07. The van der Waals surface area contributed by atoms with E-state index in [0.29, 0.717) is 38.6 Å². The third kappa shape index (κ3) is 4.34. The van der Waals surface area contributed by atoms with Crippen molar-refractivity contribution in [3.05, 3.63) is 0 Å². The van der Waals surface area contributed by atoms with Crippen LogP contribution >= 0.6 is 0 Å². The van der Waals surface area contributed by atoms with Gasteiger partial charge in [-0.2, -0.15) is 10.2 Å². The Balaban J connectivity index is 1.68. The van der Waals surface area contributed by atoms with Gasteiger partial charge in [-0.1, -0.05) is 0 Å². The van der Waals surface area contributed by atoms with E-state index in [1.54, 1.807) is 0 Å². The van der Waals surface area contributed by atoms with Gasteiger partial charge in [-0.15, -0.1) is 12.3 Å². The summed E-state index contributed by atoms with van der Waals surface area (Å²) in [5.74, 6) is 2.63. The minimum atomic E-state index is -0.398. The highest BCUT2D eigenvalue weighted by Crippen LogP contribution is 2.37. The molecular weight excluding hydrogens is 256 g/mol. The van der Waals surface area contributed by atoms with Crippen molar-refractivity contribution < 1.29 is 9.59 Å². The second kappa shape index (κ2) is 6.51. The van der Waals surface area contributed by atoms with Gasteiger partial charge >= 0.3 is 0 Å². The standard InChI is InChI=1S/C14H20N4O2/c1-2-3-8-14(17-18-14)9-6-13(20)16-11-4-5-12(19)15-10-7-11/h1,11H,3-10H2,(H,15,19)(H,16,20). The molecule has 0 radical (unpaired) electrons. The molecule has 0 bridgehead atoms. The predicted molar refractivity (Wildman–Crippen MR) is 73.7 cm³/mol. The number of rotatable bonds is 6. The average Bonchev–Trinajstić information content (AvgIpc) is 3.22. The van der Waals surface area contributed by atoms with E-state index in [-0.39, 0.29) is 17.9 Å². The molecule has 2 rings (SSSR count). The van der Waals surface area contributed by atoms with Gasteiger partial charge in [0.25, 0.3) is 0 Å². The van der Waals surface area contributed by atoms with Crippen molar-refractivity contribution in [2.24, 2.45) is 10.2 Å². The average molecular weight is 276 g/mol. The van der Waals surface area contributed by atoms with Gasteiger partial charge < -0.3 is 10.6 Å². The van der Waals surface area contributed by atoms with E-state index in [1.165, 1.54) is 0 Å². The lowest BCUT2D eigenvalue weighted by Gasteiger charge is -2.16. The number of hydrogen-bond donors (Lipinski definition) is 2. The first-order chi connectivity index (χ1) is 9.63. The topological polar surface area (TPSA) is 82.9 Å². The molecule has 2 amide bonds. The Hall–Kier alpha value is -1.90. The molecule has 1 atom stereocenters. The number of nitrogens with one attached hydrogen (secondary N) is 2. The summed E-state index contributed by atoms with van der Waals surface area (Å²) in [6.45, 7) is 0.626. The third-order valence-electron chi connectivity index (χ3n) is 3.70. The van der Waals surface area contributed by atoms with Crippen LogP contribution in [0.15, 0.2) is 10.2 Å². The van der Waals surface area contributed by atoms with E-state index in [2.05, 4.69) is 26.8 Å². The van der Waals surface area contributed by atoms with Crippen molar-refractivity contribution in [2.45, 2.75) is 56.7 Å². The minimum Gasteiger partial charge on any atom is -0.356 e. The van der Waals surface area contributed by atoms with Crippen LogP contribution in [0.3, 0.4) is 0 Å². The van der Waals surface area contributed by atoms with Crippen LogP contribution in [0.2, 0.25) is 0 Å². The number of carbonyl (C=O) groups is 2. The number of carbonyl (C=O) groups excluding carboxylic acids is 2. The predicted octanol–water partition coefficient (Wildman–Crippen LogP) is 1.13. The number of terminal acetylenes is 1. The first kappa shape index (κ1) is 14.5. The second-order valence-corrected chi connectivity index (χ2v) is 5.33. The van der Waals surface area contributed by atoms with Gasteiger partial charge in [0.2, 0.25) is 11.8 Å². The number of amides is 2. The van der Waals surface area contributed by atoms with Crippen LogP contribution in [0.4, 0.5) is 0 Å². The summed E-state index contributed by atoms with van der Waals surface area (Å²) in [7, 11) is 0. The highest BCUT2D eigenvalue weighted by atomic mass is 16.2. The molecule has 2 aliphatic heterocycles. The number of hydrogen-bond acceptors (Lipinski definition) is 4. The molecule has 2 aliphatic rings. The molecule has 0 aliphatic carbocycles. The molecule has 108 valence electrons. The van der Waals surface area contributed by atoms with Crippen LogP contribution in [0.25, 0.3) is 0 Å². The molecule has 0 aromatic heterocycles. The molecular formula is C14H20N4O2. The van der Waals surface area contributed by atoms with E-state index in [1.807, 2.05) is 0 Å². The van der Waals surface area contributed by atoms with Gasteiger partial charge in [-0.25, -0.2) is 0 Å². The Morgan fingerprint density at radius 1 is 1.45 bits per heavy atom. The van der Waals surface area contributed by atoms with Gasteiger partial charge in [-0.05, 0) is 12.8 Å². The van der Waals surface area contributed by atoms with Gasteiger partial charge in [0.1, 0.15) is 0 Å². The summed E-state index contributed by atoms with van der Waals surface area (Å²) in [6, 6.07) is 0.0798. The zero-order valence-electron chi connectivity index (χ0n) is 11.5. The van der Waals surface area contributed by atoms with Crippen LogP contribution in [0, 0.1) is 12.3 Å². The molecule has 6 nitrogen and oxygen atoms in total. The Labute approximate surface area is 118 Å². The largest absolute Gasteiger partial charge is 0.356 e. The monoisotopic (exact) mass is 276 g/mol. The van der Waals surface area contributed by atoms with Crippen molar-refractivity contribution in [3.8, 4) is 12.3 Å². The van der Waals surface area contributed by atoms with Gasteiger partial charge in [0.05, 0.1) is 0 Å². The van der Waals surface area contributed by atoms with Crippen molar-refractivity contribution in [1.82, 2.24) is 10.6 Å². The van der Waals surface area contributed by atoms with Crippen LogP contribution in [-0.2, 0) is 9.59 Å². The lowest BCUT2D eigenvalue weighted by atomic mass is 10.0. The molecule has 0 spiro atoms. The molecule has 0 saturated carbocycles. The fraction of sp³-hybridized carbons (Fsp3) is 0.714. The summed E-state index contributed by atoms with van der Waals surface area (Å²) in [5, 5.41) is 13.8. The van der Waals surface area contributed by atoms with Crippen LogP contribution in [0.1, 0.15) is 44.9 Å². The molecule has 1 fully saturated rings. The Morgan fingerprint density at radius 2 is 2.25 bits per heavy atom. The summed E-state index contributed by atoms with van der Waals surface area (Å²) in [5.41, 5.74) is -0.398. The SMILES string of the molecule is C#CCCC1(CCC(=O)NC2CCNC(=O)CC2)N=N1. The molecule has 2 N–H and O–H groups in total. The Bertz CT molecular complexity index is 447. The van der Waals surface area contributed by atoms with E-state index in [4.69, 9.17) is 6.42 Å². The summed E-state index contributed by atoms with van der Waals surface area (Å²) < 4.78 is 0. The minimum absolute atomic E-state index is 0.00160. The highest BCUT2D eigenvalue weighted by molar-refractivity contribution is 5.78. The smallest absolute Gasteiger partial charge is 0.220 e. The fourth-order valence-corrected chi connectivity index (χ4v) is 2.35. The van der Waals surface area contributed by atoms with Crippen LogP contribution in [0.5, 0.6) is 0 Å². The van der Waals surface area contributed by atoms with Crippen molar-refractivity contribution >= 4 is 11.8 Å². The molecule has 1 saturated heterocycles. The number of nitrogens with zero attached hydrogens (tertiary/aromatic N) is 2. The van der Waals surface area contributed by atoms with Crippen molar-refractivity contribution in [3.63, 3.8) is 0 Å². The lowest BCUT2D eigenvalue weighted by Crippen LogP contribution is -2.35. The molecule has 0 aromatic carbocycles. The molecule has 1 unspecified atom stereocenters. The quantitative estimate of drug-likeness (QED) is 0.713. The molecule has 6 heteroatoms. The normalized spacial score (nSPS) is 23.4. The maximum atomic E-state index is 11.9. The molecule has 20 heavy (non-hydrogen) atoms. The van der Waals surface area contributed by atoms with E-state index in [0.717, 1.165) is 12.8 Å². The highest BCUT2D eigenvalue weighted by Gasteiger charge is 2.39. The van der Waals surface area contributed by atoms with Crippen molar-refractivity contribution in [2.75, 3.05) is 6.54 Å². The van der Waals surface area contributed by atoms with Gasteiger partial charge in [0.15, 0.2) is 5.66 Å². The summed E-state index contributed by atoms with van der Waals surface area (Å²) in [4.78, 5) is 23.1. The summed E-state index contributed by atoms with van der Waals surface area (Å²) >= 11 is 0. The van der Waals surface area contributed by atoms with Crippen LogP contribution in [-0.4, -0.2) is 30.1 Å². The Kier molecular flexibility index (Phi) is 4.72. The maximum absolute atomic E-state index is 11.9. The van der Waals surface area contributed by atoms with E-state index >= 15 is 0 Å². The molecule has 2 heterocycles.